The Bertz CT molecular complexity index is 1320. The molecule has 1 nitrogen and oxygen atoms in total. The van der Waals surface area contributed by atoms with Gasteiger partial charge in [-0.3, -0.25) is 4.70 Å². The zero-order valence-corrected chi connectivity index (χ0v) is 27.2. The van der Waals surface area contributed by atoms with Crippen molar-refractivity contribution in [3.63, 3.8) is 0 Å². The summed E-state index contributed by atoms with van der Waals surface area (Å²) in [5.41, 5.74) is 0. The first-order valence-electron chi connectivity index (χ1n) is 14.0. The van der Waals surface area contributed by atoms with Crippen molar-refractivity contribution in [2.45, 2.75) is 0 Å². The molecule has 2 atom stereocenters. The van der Waals surface area contributed by atoms with Crippen LogP contribution in [0.1, 0.15) is 0 Å². The molecular formula is C36H36FNP4. The van der Waals surface area contributed by atoms with Crippen LogP contribution in [0.3, 0.4) is 0 Å². The quantitative estimate of drug-likeness (QED) is 0.159. The average molecular weight is 626 g/mol. The molecule has 0 saturated carbocycles. The maximum absolute atomic E-state index is 4.24. The SMILES string of the molecule is F.c1ccc([PH](PNP[PH](c2ccccc2)(c2ccccc2)c2ccccc2)(c2ccccc2)c2ccccc2)cc1. The van der Waals surface area contributed by atoms with Gasteiger partial charge in [-0.05, 0) is 0 Å². The summed E-state index contributed by atoms with van der Waals surface area (Å²) in [6.07, 6.45) is 0. The van der Waals surface area contributed by atoms with Crippen LogP contribution in [0.5, 0.6) is 0 Å². The van der Waals surface area contributed by atoms with Crippen LogP contribution in [-0.4, -0.2) is 0 Å². The van der Waals surface area contributed by atoms with Gasteiger partial charge in [-0.25, -0.2) is 0 Å². The second kappa shape index (κ2) is 14.4. The molecule has 6 rings (SSSR count). The summed E-state index contributed by atoms with van der Waals surface area (Å²) in [4.78, 5) is 4.24. The fourth-order valence-electron chi connectivity index (χ4n) is 5.78. The van der Waals surface area contributed by atoms with Gasteiger partial charge in [0.25, 0.3) is 0 Å². The minimum atomic E-state index is -2.38. The van der Waals surface area contributed by atoms with Gasteiger partial charge in [0.1, 0.15) is 0 Å². The van der Waals surface area contributed by atoms with Crippen molar-refractivity contribution in [1.29, 1.82) is 0 Å². The van der Waals surface area contributed by atoms with Crippen LogP contribution in [0.4, 0.5) is 4.70 Å². The van der Waals surface area contributed by atoms with Crippen molar-refractivity contribution in [2.24, 2.45) is 0 Å². The third-order valence-corrected chi connectivity index (χ3v) is 26.4. The van der Waals surface area contributed by atoms with Gasteiger partial charge in [0.15, 0.2) is 0 Å². The molecule has 0 amide bonds. The van der Waals surface area contributed by atoms with Gasteiger partial charge in [-0.15, -0.1) is 0 Å². The molecule has 0 bridgehead atoms. The molecule has 0 saturated heterocycles. The third-order valence-electron chi connectivity index (χ3n) is 7.74. The Hall–Kier alpha value is -3.07. The first-order chi connectivity index (χ1) is 20.3. The zero-order valence-electron chi connectivity index (χ0n) is 23.2. The second-order valence-corrected chi connectivity index (χ2v) is 24.0. The van der Waals surface area contributed by atoms with E-state index < -0.39 is 13.9 Å². The van der Waals surface area contributed by atoms with E-state index in [-0.39, 0.29) is 4.70 Å². The fourth-order valence-corrected chi connectivity index (χ4v) is 25.8. The molecule has 0 aliphatic carbocycles. The minimum absolute atomic E-state index is 0. The van der Waals surface area contributed by atoms with Gasteiger partial charge >= 0.3 is 249 Å². The van der Waals surface area contributed by atoms with Crippen molar-refractivity contribution >= 4 is 62.6 Å². The van der Waals surface area contributed by atoms with Crippen LogP contribution < -0.4 is 36.7 Å². The Morgan fingerprint density at radius 1 is 0.286 bits per heavy atom. The molecule has 0 radical (unpaired) electrons. The molecule has 0 heterocycles. The molecule has 2 unspecified atom stereocenters. The molecular weight excluding hydrogens is 589 g/mol. The summed E-state index contributed by atoms with van der Waals surface area (Å²) in [6, 6.07) is 67.4. The first kappa shape index (κ1) is 30.4. The summed E-state index contributed by atoms with van der Waals surface area (Å²) in [5, 5.41) is 8.66. The summed E-state index contributed by atoms with van der Waals surface area (Å²) in [7, 11) is 1.14. The van der Waals surface area contributed by atoms with Gasteiger partial charge in [-0.1, -0.05) is 0 Å². The molecule has 1 N–H and O–H groups in total. The number of nitrogens with one attached hydrogen (secondary N) is 1. The topological polar surface area (TPSA) is 12.0 Å². The van der Waals surface area contributed by atoms with Crippen LogP contribution in [0.2, 0.25) is 0 Å². The summed E-state index contributed by atoms with van der Waals surface area (Å²) in [5.74, 6) is 0. The summed E-state index contributed by atoms with van der Waals surface area (Å²) in [6.45, 7) is -4.76. The predicted octanol–water partition coefficient (Wildman–Crippen LogP) is 7.20. The average Bonchev–Trinajstić information content (AvgIpc) is 3.08. The number of hydrogen-bond acceptors (Lipinski definition) is 1. The zero-order chi connectivity index (χ0) is 27.8. The number of halogens is 1. The van der Waals surface area contributed by atoms with E-state index in [2.05, 4.69) is 187 Å². The van der Waals surface area contributed by atoms with Gasteiger partial charge < -0.3 is 0 Å². The van der Waals surface area contributed by atoms with Crippen molar-refractivity contribution in [2.75, 3.05) is 0 Å². The third kappa shape index (κ3) is 6.03. The van der Waals surface area contributed by atoms with Crippen LogP contribution in [0.25, 0.3) is 0 Å². The Balaban J connectivity index is 0.00000353. The molecule has 0 aliphatic heterocycles. The van der Waals surface area contributed by atoms with Gasteiger partial charge in [-0.2, -0.15) is 0 Å². The fraction of sp³-hybridized carbons (Fsp3) is 0. The predicted molar refractivity (Wildman–Crippen MR) is 195 cm³/mol. The normalized spacial score (nSPS) is 12.8. The van der Waals surface area contributed by atoms with Gasteiger partial charge in [0, 0.05) is 0 Å². The number of rotatable bonds is 10. The van der Waals surface area contributed by atoms with Crippen LogP contribution in [0.15, 0.2) is 182 Å². The molecule has 212 valence electrons. The van der Waals surface area contributed by atoms with E-state index in [1.54, 1.807) is 0 Å². The van der Waals surface area contributed by atoms with Crippen molar-refractivity contribution in [3.8, 4) is 0 Å². The standard InChI is InChI=1S/C36H35NP4.FH/c1-7-19-31(20-8-1)40(32-21-9-2-10-22-32,33-23-11-3-12-24-33)38-37-39-41(34-25-13-4-14-26-34,35-27-15-5-16-28-35)36-29-17-6-18-30-36;/h1-30,37-41H;1H. The van der Waals surface area contributed by atoms with E-state index >= 15 is 0 Å². The Morgan fingerprint density at radius 2 is 0.452 bits per heavy atom. The molecule has 0 aromatic heterocycles. The van der Waals surface area contributed by atoms with Gasteiger partial charge in [0.05, 0.1) is 0 Å². The number of benzene rings is 6. The molecule has 6 aromatic carbocycles. The first-order valence-corrected chi connectivity index (χ1v) is 22.0. The van der Waals surface area contributed by atoms with Crippen LogP contribution in [0, 0.1) is 0 Å². The molecule has 6 aromatic rings. The summed E-state index contributed by atoms with van der Waals surface area (Å²) >= 11 is 0. The Kier molecular flexibility index (Phi) is 10.4. The van der Waals surface area contributed by atoms with Crippen LogP contribution >= 0.6 is 30.7 Å². The molecule has 42 heavy (non-hydrogen) atoms. The molecule has 0 aliphatic rings. The van der Waals surface area contributed by atoms with E-state index in [4.69, 9.17) is 0 Å². The molecule has 0 spiro atoms. The van der Waals surface area contributed by atoms with Crippen molar-refractivity contribution in [3.05, 3.63) is 182 Å². The molecule has 0 fully saturated rings. The van der Waals surface area contributed by atoms with Gasteiger partial charge in [0.2, 0.25) is 0 Å². The van der Waals surface area contributed by atoms with Crippen molar-refractivity contribution < 1.29 is 4.70 Å². The van der Waals surface area contributed by atoms with E-state index in [9.17, 15) is 0 Å². The van der Waals surface area contributed by atoms with E-state index in [1.165, 1.54) is 31.8 Å². The van der Waals surface area contributed by atoms with Crippen molar-refractivity contribution in [1.82, 2.24) is 4.86 Å². The Labute approximate surface area is 253 Å². The van der Waals surface area contributed by atoms with E-state index in [0.717, 1.165) is 0 Å². The van der Waals surface area contributed by atoms with E-state index in [0.29, 0.717) is 16.8 Å². The van der Waals surface area contributed by atoms with Crippen LogP contribution in [-0.2, 0) is 0 Å². The maximum atomic E-state index is 4.24. The monoisotopic (exact) mass is 625 g/mol. The second-order valence-electron chi connectivity index (χ2n) is 10.1. The number of hydrogen-bond donors (Lipinski definition) is 1. The van der Waals surface area contributed by atoms with E-state index in [1.807, 2.05) is 0 Å². The summed E-state index contributed by atoms with van der Waals surface area (Å²) < 4.78 is 0. The Morgan fingerprint density at radius 3 is 0.619 bits per heavy atom. The molecule has 6 heteroatoms.